The van der Waals surface area contributed by atoms with Crippen LogP contribution in [0.5, 0.6) is 0 Å². The van der Waals surface area contributed by atoms with E-state index in [4.69, 9.17) is 4.74 Å². The molecule has 0 aliphatic heterocycles. The molecule has 4 nitrogen and oxygen atoms in total. The summed E-state index contributed by atoms with van der Waals surface area (Å²) in [5.74, 6) is 0.226. The number of aryl methyl sites for hydroxylation is 1. The summed E-state index contributed by atoms with van der Waals surface area (Å²) >= 11 is 0. The Balaban J connectivity index is 1.58. The second-order valence-corrected chi connectivity index (χ2v) is 8.84. The lowest BCUT2D eigenvalue weighted by Gasteiger charge is -2.36. The maximum absolute atomic E-state index is 12.6. The molecule has 4 heteroatoms. The Morgan fingerprint density at radius 3 is 2.48 bits per heavy atom. The lowest BCUT2D eigenvalue weighted by atomic mass is 9.70. The summed E-state index contributed by atoms with van der Waals surface area (Å²) in [7, 11) is 0. The number of Topliss-reactive ketones (excluding diaryl/α,β-unsaturated/α-hetero) is 1. The van der Waals surface area contributed by atoms with Crippen LogP contribution < -0.4 is 0 Å². The van der Waals surface area contributed by atoms with Gasteiger partial charge in [-0.15, -0.1) is 0 Å². The van der Waals surface area contributed by atoms with Crippen LogP contribution in [0.2, 0.25) is 0 Å². The molecule has 1 saturated carbocycles. The van der Waals surface area contributed by atoms with E-state index in [1.807, 2.05) is 12.1 Å². The number of ketones is 1. The highest BCUT2D eigenvalue weighted by molar-refractivity contribution is 6.09. The van der Waals surface area contributed by atoms with Gasteiger partial charge < -0.3 is 9.72 Å². The zero-order valence-corrected chi connectivity index (χ0v) is 16.9. The molecule has 2 aromatic rings. The maximum atomic E-state index is 12.6. The minimum Gasteiger partial charge on any atom is -0.457 e. The molecule has 0 bridgehead atoms. The minimum absolute atomic E-state index is 0.0638. The van der Waals surface area contributed by atoms with Crippen molar-refractivity contribution in [2.45, 2.75) is 59.8 Å². The quantitative estimate of drug-likeness (QED) is 0.574. The van der Waals surface area contributed by atoms with Crippen molar-refractivity contribution in [3.05, 3.63) is 35.5 Å². The number of H-pyrrole nitrogens is 1. The van der Waals surface area contributed by atoms with Gasteiger partial charge in [0.1, 0.15) is 0 Å². The first-order chi connectivity index (χ1) is 12.8. The summed E-state index contributed by atoms with van der Waals surface area (Å²) in [5.41, 5.74) is 3.07. The van der Waals surface area contributed by atoms with E-state index in [2.05, 4.69) is 38.7 Å². The molecule has 1 heterocycles. The summed E-state index contributed by atoms with van der Waals surface area (Å²) in [6.45, 7) is 8.70. The van der Waals surface area contributed by atoms with Gasteiger partial charge in [-0.1, -0.05) is 45.9 Å². The monoisotopic (exact) mass is 369 g/mol. The molecule has 1 aliphatic rings. The minimum atomic E-state index is -0.218. The number of carbonyl (C=O) groups is 2. The number of fused-ring (bicyclic) bond motifs is 1. The van der Waals surface area contributed by atoms with Crippen molar-refractivity contribution in [3.63, 3.8) is 0 Å². The van der Waals surface area contributed by atoms with Gasteiger partial charge in [0, 0.05) is 22.7 Å². The van der Waals surface area contributed by atoms with E-state index in [9.17, 15) is 9.59 Å². The Kier molecular flexibility index (Phi) is 5.73. The van der Waals surface area contributed by atoms with Crippen LogP contribution in [-0.4, -0.2) is 23.3 Å². The molecule has 146 valence electrons. The largest absolute Gasteiger partial charge is 0.457 e. The number of hydrogen-bond donors (Lipinski definition) is 1. The third-order valence-corrected chi connectivity index (χ3v) is 6.11. The highest BCUT2D eigenvalue weighted by Crippen LogP contribution is 2.40. The van der Waals surface area contributed by atoms with Gasteiger partial charge >= 0.3 is 5.97 Å². The number of rotatable bonds is 5. The fourth-order valence-corrected chi connectivity index (χ4v) is 4.27. The summed E-state index contributed by atoms with van der Waals surface area (Å²) < 4.78 is 5.39. The Morgan fingerprint density at radius 1 is 1.15 bits per heavy atom. The van der Waals surface area contributed by atoms with Crippen molar-refractivity contribution in [1.82, 2.24) is 4.98 Å². The Hall–Kier alpha value is -2.10. The smallest absolute Gasteiger partial charge is 0.309 e. The molecule has 0 saturated heterocycles. The van der Waals surface area contributed by atoms with Gasteiger partial charge in [0.25, 0.3) is 0 Å². The number of para-hydroxylation sites is 1. The molecule has 0 unspecified atom stereocenters. The van der Waals surface area contributed by atoms with E-state index in [0.29, 0.717) is 11.5 Å². The van der Waals surface area contributed by atoms with E-state index in [-0.39, 0.29) is 29.7 Å². The van der Waals surface area contributed by atoms with Gasteiger partial charge in [-0.3, -0.25) is 9.59 Å². The number of esters is 1. The summed E-state index contributed by atoms with van der Waals surface area (Å²) in [5, 5.41) is 0.904. The Morgan fingerprint density at radius 2 is 1.85 bits per heavy atom. The van der Waals surface area contributed by atoms with Gasteiger partial charge in [-0.25, -0.2) is 0 Å². The lowest BCUT2D eigenvalue weighted by molar-refractivity contribution is -0.149. The van der Waals surface area contributed by atoms with E-state index in [1.165, 1.54) is 5.56 Å². The number of ether oxygens (including phenoxy) is 1. The van der Waals surface area contributed by atoms with Gasteiger partial charge in [-0.2, -0.15) is 0 Å². The molecule has 1 aliphatic carbocycles. The van der Waals surface area contributed by atoms with Crippen LogP contribution in [0.3, 0.4) is 0 Å². The first-order valence-corrected chi connectivity index (χ1v) is 10.1. The summed E-state index contributed by atoms with van der Waals surface area (Å²) in [4.78, 5) is 28.2. The standard InChI is InChI=1S/C23H31NO3/c1-5-15-7-6-8-18-19(13-24-21(15)18)20(25)14-27-22(26)16-9-11-17(12-10-16)23(2,3)4/h6-8,13,16-17,24H,5,9-12,14H2,1-4H3. The number of nitrogens with one attached hydrogen (secondary N) is 1. The zero-order valence-electron chi connectivity index (χ0n) is 16.9. The van der Waals surface area contributed by atoms with Crippen LogP contribution in [0.15, 0.2) is 24.4 Å². The second kappa shape index (κ2) is 7.87. The zero-order chi connectivity index (χ0) is 19.6. The van der Waals surface area contributed by atoms with Crippen LogP contribution >= 0.6 is 0 Å². The molecule has 0 radical (unpaired) electrons. The molecule has 0 spiro atoms. The van der Waals surface area contributed by atoms with Crippen molar-refractivity contribution in [2.75, 3.05) is 6.61 Å². The fraction of sp³-hybridized carbons (Fsp3) is 0.565. The highest BCUT2D eigenvalue weighted by atomic mass is 16.5. The predicted octanol–water partition coefficient (Wildman–Crippen LogP) is 5.31. The van der Waals surface area contributed by atoms with E-state index in [0.717, 1.165) is 43.0 Å². The van der Waals surface area contributed by atoms with E-state index in [1.54, 1.807) is 6.20 Å². The second-order valence-electron chi connectivity index (χ2n) is 8.84. The van der Waals surface area contributed by atoms with Gasteiger partial charge in [-0.05, 0) is 49.0 Å². The van der Waals surface area contributed by atoms with Crippen LogP contribution in [0.1, 0.15) is 69.3 Å². The Labute approximate surface area is 161 Å². The lowest BCUT2D eigenvalue weighted by Crippen LogP contribution is -2.30. The summed E-state index contributed by atoms with van der Waals surface area (Å²) in [6, 6.07) is 5.96. The van der Waals surface area contributed by atoms with Crippen LogP contribution in [0.25, 0.3) is 10.9 Å². The van der Waals surface area contributed by atoms with Crippen molar-refractivity contribution in [3.8, 4) is 0 Å². The van der Waals surface area contributed by atoms with E-state index >= 15 is 0 Å². The first-order valence-electron chi connectivity index (χ1n) is 10.1. The van der Waals surface area contributed by atoms with Crippen molar-refractivity contribution in [2.24, 2.45) is 17.3 Å². The average Bonchev–Trinajstić information content (AvgIpc) is 3.09. The van der Waals surface area contributed by atoms with Crippen molar-refractivity contribution in [1.29, 1.82) is 0 Å². The van der Waals surface area contributed by atoms with Crippen molar-refractivity contribution < 1.29 is 14.3 Å². The molecule has 1 aromatic carbocycles. The normalized spacial score (nSPS) is 20.6. The van der Waals surface area contributed by atoms with Gasteiger partial charge in [0.15, 0.2) is 6.61 Å². The maximum Gasteiger partial charge on any atom is 0.309 e. The fourth-order valence-electron chi connectivity index (χ4n) is 4.27. The number of carbonyl (C=O) groups excluding carboxylic acids is 2. The average molecular weight is 370 g/mol. The molecular formula is C23H31NO3. The van der Waals surface area contributed by atoms with E-state index < -0.39 is 0 Å². The Bertz CT molecular complexity index is 820. The van der Waals surface area contributed by atoms with Crippen LogP contribution in [0.4, 0.5) is 0 Å². The van der Waals surface area contributed by atoms with Gasteiger partial charge in [0.05, 0.1) is 5.92 Å². The number of aromatic nitrogens is 1. The van der Waals surface area contributed by atoms with Gasteiger partial charge in [0.2, 0.25) is 5.78 Å². The number of benzene rings is 1. The molecule has 1 aromatic heterocycles. The molecular weight excluding hydrogens is 338 g/mol. The summed E-state index contributed by atoms with van der Waals surface area (Å²) in [6.07, 6.45) is 6.47. The highest BCUT2D eigenvalue weighted by Gasteiger charge is 2.33. The van der Waals surface area contributed by atoms with Crippen molar-refractivity contribution >= 4 is 22.7 Å². The molecule has 1 fully saturated rings. The topological polar surface area (TPSA) is 59.2 Å². The SMILES string of the molecule is CCc1cccc2c(C(=O)COC(=O)C3CCC(C(C)(C)C)CC3)c[nH]c12. The van der Waals surface area contributed by atoms with Crippen LogP contribution in [-0.2, 0) is 16.0 Å². The molecule has 0 amide bonds. The number of hydrogen-bond acceptors (Lipinski definition) is 3. The molecule has 27 heavy (non-hydrogen) atoms. The molecule has 0 atom stereocenters. The van der Waals surface area contributed by atoms with Crippen LogP contribution in [0, 0.1) is 17.3 Å². The molecule has 1 N–H and O–H groups in total. The third kappa shape index (κ3) is 4.26. The molecule has 3 rings (SSSR count). The third-order valence-electron chi connectivity index (χ3n) is 6.11. The predicted molar refractivity (Wildman–Crippen MR) is 108 cm³/mol. The first kappa shape index (κ1) is 19.7. The number of aromatic amines is 1.